The van der Waals surface area contributed by atoms with E-state index in [4.69, 9.17) is 14.2 Å². The van der Waals surface area contributed by atoms with Gasteiger partial charge in [-0.2, -0.15) is 0 Å². The first-order valence-corrected chi connectivity index (χ1v) is 8.11. The van der Waals surface area contributed by atoms with Crippen molar-refractivity contribution in [3.8, 4) is 5.75 Å². The molecule has 1 atom stereocenters. The molecule has 1 N–H and O–H groups in total. The maximum Gasteiger partial charge on any atom is 0.341 e. The van der Waals surface area contributed by atoms with E-state index in [-0.39, 0.29) is 17.6 Å². The summed E-state index contributed by atoms with van der Waals surface area (Å²) >= 11 is 0. The molecule has 1 amide bonds. The van der Waals surface area contributed by atoms with Gasteiger partial charge in [0.25, 0.3) is 5.91 Å². The molecule has 0 unspecified atom stereocenters. The van der Waals surface area contributed by atoms with Crippen LogP contribution in [0.25, 0.3) is 0 Å². The van der Waals surface area contributed by atoms with Crippen molar-refractivity contribution in [3.05, 3.63) is 23.8 Å². The number of methoxy groups -OCH3 is 1. The minimum Gasteiger partial charge on any atom is -0.490 e. The van der Waals surface area contributed by atoms with Crippen molar-refractivity contribution in [2.75, 3.05) is 19.0 Å². The average molecular weight is 337 g/mol. The van der Waals surface area contributed by atoms with Gasteiger partial charge >= 0.3 is 5.97 Å². The third-order valence-electron chi connectivity index (χ3n) is 3.62. The fraction of sp³-hybridized carbons (Fsp3) is 0.556. The second-order valence-corrected chi connectivity index (χ2v) is 5.84. The van der Waals surface area contributed by atoms with Crippen LogP contribution in [0, 0.1) is 0 Å². The standard InChI is InChI=1S/C18H27NO5/c1-7-18(5,23-8-2)17(21)19-13-9-10-15(24-12(3)4)14(11-13)16(20)22-6/h9-12H,7-8H2,1-6H3,(H,19,21)/t18-/m0/s1. The highest BCUT2D eigenvalue weighted by Gasteiger charge is 2.32. The largest absolute Gasteiger partial charge is 0.490 e. The van der Waals surface area contributed by atoms with Crippen LogP contribution in [0.1, 0.15) is 51.4 Å². The van der Waals surface area contributed by atoms with E-state index >= 15 is 0 Å². The lowest BCUT2D eigenvalue weighted by atomic mass is 10.0. The van der Waals surface area contributed by atoms with Gasteiger partial charge < -0.3 is 19.5 Å². The summed E-state index contributed by atoms with van der Waals surface area (Å²) in [5, 5.41) is 2.79. The molecule has 6 heteroatoms. The van der Waals surface area contributed by atoms with Crippen molar-refractivity contribution in [1.82, 2.24) is 0 Å². The number of carbonyl (C=O) groups excluding carboxylic acids is 2. The topological polar surface area (TPSA) is 73.9 Å². The smallest absolute Gasteiger partial charge is 0.341 e. The monoisotopic (exact) mass is 337 g/mol. The number of rotatable bonds is 8. The number of hydrogen-bond donors (Lipinski definition) is 1. The Kier molecular flexibility index (Phi) is 7.22. The molecule has 0 heterocycles. The van der Waals surface area contributed by atoms with Crippen LogP contribution in [0.5, 0.6) is 5.75 Å². The molecule has 24 heavy (non-hydrogen) atoms. The van der Waals surface area contributed by atoms with E-state index in [1.54, 1.807) is 25.1 Å². The van der Waals surface area contributed by atoms with E-state index in [0.29, 0.717) is 24.5 Å². The Hall–Kier alpha value is -2.08. The van der Waals surface area contributed by atoms with Gasteiger partial charge in [0.15, 0.2) is 0 Å². The van der Waals surface area contributed by atoms with E-state index in [9.17, 15) is 9.59 Å². The van der Waals surface area contributed by atoms with Crippen LogP contribution in [0.2, 0.25) is 0 Å². The molecular weight excluding hydrogens is 310 g/mol. The second-order valence-electron chi connectivity index (χ2n) is 5.84. The summed E-state index contributed by atoms with van der Waals surface area (Å²) in [6, 6.07) is 4.87. The minimum atomic E-state index is -0.923. The summed E-state index contributed by atoms with van der Waals surface area (Å²) in [6.45, 7) is 9.63. The Morgan fingerprint density at radius 3 is 2.42 bits per heavy atom. The number of ether oxygens (including phenoxy) is 3. The van der Waals surface area contributed by atoms with Crippen LogP contribution < -0.4 is 10.1 Å². The number of hydrogen-bond acceptors (Lipinski definition) is 5. The maximum atomic E-state index is 12.5. The first-order chi connectivity index (χ1) is 11.3. The summed E-state index contributed by atoms with van der Waals surface area (Å²) in [7, 11) is 1.30. The molecule has 0 aliphatic rings. The summed E-state index contributed by atoms with van der Waals surface area (Å²) in [5.41, 5.74) is -0.178. The minimum absolute atomic E-state index is 0.0878. The maximum absolute atomic E-state index is 12.5. The highest BCUT2D eigenvalue weighted by molar-refractivity contribution is 5.99. The third-order valence-corrected chi connectivity index (χ3v) is 3.62. The van der Waals surface area contributed by atoms with Crippen LogP contribution in [0.4, 0.5) is 5.69 Å². The van der Waals surface area contributed by atoms with Crippen LogP contribution in [0.3, 0.4) is 0 Å². The lowest BCUT2D eigenvalue weighted by Crippen LogP contribution is -2.42. The SMILES string of the molecule is CCO[C@@](C)(CC)C(=O)Nc1ccc(OC(C)C)c(C(=O)OC)c1. The Bertz CT molecular complexity index is 585. The molecule has 0 saturated heterocycles. The molecule has 0 bridgehead atoms. The van der Waals surface area contributed by atoms with Gasteiger partial charge in [0.2, 0.25) is 0 Å². The number of benzene rings is 1. The number of carbonyl (C=O) groups is 2. The van der Waals surface area contributed by atoms with E-state index < -0.39 is 11.6 Å². The van der Waals surface area contributed by atoms with Gasteiger partial charge in [-0.05, 0) is 52.3 Å². The number of amides is 1. The van der Waals surface area contributed by atoms with Crippen LogP contribution in [-0.2, 0) is 14.3 Å². The molecule has 0 aliphatic carbocycles. The predicted molar refractivity (Wildman–Crippen MR) is 92.5 cm³/mol. The average Bonchev–Trinajstić information content (AvgIpc) is 2.55. The van der Waals surface area contributed by atoms with Crippen molar-refractivity contribution < 1.29 is 23.8 Å². The Balaban J connectivity index is 3.09. The van der Waals surface area contributed by atoms with Crippen molar-refractivity contribution in [2.45, 2.75) is 52.7 Å². The zero-order valence-corrected chi connectivity index (χ0v) is 15.3. The van der Waals surface area contributed by atoms with Crippen LogP contribution in [0.15, 0.2) is 18.2 Å². The van der Waals surface area contributed by atoms with Gasteiger partial charge in [-0.1, -0.05) is 6.92 Å². The Morgan fingerprint density at radius 2 is 1.92 bits per heavy atom. The second kappa shape index (κ2) is 8.68. The van der Waals surface area contributed by atoms with E-state index in [1.165, 1.54) is 7.11 Å². The molecule has 134 valence electrons. The van der Waals surface area contributed by atoms with Crippen LogP contribution in [-0.4, -0.2) is 37.3 Å². The fourth-order valence-corrected chi connectivity index (χ4v) is 2.14. The molecule has 0 radical (unpaired) electrons. The van der Waals surface area contributed by atoms with Gasteiger partial charge in [0, 0.05) is 12.3 Å². The van der Waals surface area contributed by atoms with Crippen molar-refractivity contribution in [2.24, 2.45) is 0 Å². The molecule has 1 rings (SSSR count). The molecule has 0 spiro atoms. The van der Waals surface area contributed by atoms with Crippen LogP contribution >= 0.6 is 0 Å². The summed E-state index contributed by atoms with van der Waals surface area (Å²) < 4.78 is 16.0. The van der Waals surface area contributed by atoms with Crippen molar-refractivity contribution >= 4 is 17.6 Å². The molecular formula is C18H27NO5. The van der Waals surface area contributed by atoms with E-state index in [0.717, 1.165) is 0 Å². The number of esters is 1. The molecule has 0 aromatic heterocycles. The zero-order chi connectivity index (χ0) is 18.3. The van der Waals surface area contributed by atoms with Gasteiger partial charge in [0.1, 0.15) is 16.9 Å². The summed E-state index contributed by atoms with van der Waals surface area (Å²) in [4.78, 5) is 24.5. The van der Waals surface area contributed by atoms with E-state index in [2.05, 4.69) is 5.32 Å². The normalized spacial score (nSPS) is 13.3. The van der Waals surface area contributed by atoms with Gasteiger partial charge in [-0.3, -0.25) is 4.79 Å². The summed E-state index contributed by atoms with van der Waals surface area (Å²) in [5.74, 6) is -0.372. The van der Waals surface area contributed by atoms with Gasteiger partial charge in [-0.15, -0.1) is 0 Å². The zero-order valence-electron chi connectivity index (χ0n) is 15.3. The van der Waals surface area contributed by atoms with Crippen molar-refractivity contribution in [1.29, 1.82) is 0 Å². The van der Waals surface area contributed by atoms with E-state index in [1.807, 2.05) is 27.7 Å². The highest BCUT2D eigenvalue weighted by Crippen LogP contribution is 2.26. The predicted octanol–water partition coefficient (Wildman–Crippen LogP) is 3.40. The number of anilines is 1. The molecule has 6 nitrogen and oxygen atoms in total. The van der Waals surface area contributed by atoms with Gasteiger partial charge in [-0.25, -0.2) is 4.79 Å². The molecule has 0 fully saturated rings. The Morgan fingerprint density at radius 1 is 1.25 bits per heavy atom. The molecule has 1 aromatic carbocycles. The third kappa shape index (κ3) is 4.96. The molecule has 0 saturated carbocycles. The lowest BCUT2D eigenvalue weighted by molar-refractivity contribution is -0.139. The molecule has 0 aliphatic heterocycles. The summed E-state index contributed by atoms with van der Waals surface area (Å²) in [6.07, 6.45) is 0.445. The highest BCUT2D eigenvalue weighted by atomic mass is 16.5. The quantitative estimate of drug-likeness (QED) is 0.736. The molecule has 1 aromatic rings. The fourth-order valence-electron chi connectivity index (χ4n) is 2.14. The van der Waals surface area contributed by atoms with Gasteiger partial charge in [0.05, 0.1) is 13.2 Å². The lowest BCUT2D eigenvalue weighted by Gasteiger charge is -2.27. The first-order valence-electron chi connectivity index (χ1n) is 8.11. The number of nitrogens with one attached hydrogen (secondary N) is 1. The first kappa shape index (κ1) is 20.0. The Labute approximate surface area is 143 Å². The van der Waals surface area contributed by atoms with Crippen molar-refractivity contribution in [3.63, 3.8) is 0 Å².